The van der Waals surface area contributed by atoms with Crippen LogP contribution in [0.5, 0.6) is 0 Å². The van der Waals surface area contributed by atoms with Crippen molar-refractivity contribution in [2.45, 2.75) is 110 Å². The summed E-state index contributed by atoms with van der Waals surface area (Å²) in [6, 6.07) is 0. The lowest BCUT2D eigenvalue weighted by molar-refractivity contribution is -0.229. The van der Waals surface area contributed by atoms with Crippen molar-refractivity contribution < 1.29 is 24.5 Å². The fraction of sp³-hybridized carbons (Fsp3) is 0.857. The number of unbranched alkanes of at least 4 members (excludes halogenated alkanes) is 1. The molecule has 5 heteroatoms. The lowest BCUT2D eigenvalue weighted by Crippen LogP contribution is -2.64. The van der Waals surface area contributed by atoms with Crippen molar-refractivity contribution in [1.29, 1.82) is 0 Å². The summed E-state index contributed by atoms with van der Waals surface area (Å²) in [6.07, 6.45) is 8.88. The summed E-state index contributed by atoms with van der Waals surface area (Å²) in [4.78, 5) is 23.2. The molecular weight excluding hydrogens is 416 g/mol. The molecule has 0 spiro atoms. The molecule has 0 heterocycles. The topological polar surface area (TPSA) is 83.8 Å². The Kier molecular flexibility index (Phi) is 6.51. The molecular formula is C28H42O5. The molecule has 4 rings (SSSR count). The number of Topliss-reactive ketones (excluding diaryl/α,β-unsaturated/α-hetero) is 1. The standard InChI is InChI=1S/C28H42O5/c1-19(29)22-8-9-23-21-10-14-28(32)18-27(31,12-6-5-7-17-33-20(2)30)16-15-26(28,4)24(21)11-13-25(22,23)3/h21-24,31-32H,5,7-11,13-18H2,1-4H3/t21-,22+,23-,24-,25+,26+,27+,28+/m0/s1. The maximum absolute atomic E-state index is 12.4. The third-order valence-electron chi connectivity index (χ3n) is 10.4. The van der Waals surface area contributed by atoms with Gasteiger partial charge in [0.25, 0.3) is 0 Å². The molecule has 33 heavy (non-hydrogen) atoms. The van der Waals surface area contributed by atoms with Gasteiger partial charge < -0.3 is 14.9 Å². The number of ketones is 1. The molecule has 0 amide bonds. The molecule has 0 unspecified atom stereocenters. The van der Waals surface area contributed by atoms with Gasteiger partial charge in [0.2, 0.25) is 0 Å². The van der Waals surface area contributed by atoms with Gasteiger partial charge in [0.15, 0.2) is 0 Å². The second kappa shape index (κ2) is 8.68. The third kappa shape index (κ3) is 4.16. The first kappa shape index (κ1) is 24.7. The van der Waals surface area contributed by atoms with Gasteiger partial charge in [-0.05, 0) is 93.3 Å². The maximum Gasteiger partial charge on any atom is 0.302 e. The van der Waals surface area contributed by atoms with Gasteiger partial charge in [-0.25, -0.2) is 0 Å². The highest BCUT2D eigenvalue weighted by Gasteiger charge is 2.66. The molecule has 8 atom stereocenters. The van der Waals surface area contributed by atoms with Crippen LogP contribution in [0.1, 0.15) is 98.3 Å². The van der Waals surface area contributed by atoms with Crippen LogP contribution in [-0.4, -0.2) is 39.8 Å². The van der Waals surface area contributed by atoms with Crippen LogP contribution in [-0.2, 0) is 14.3 Å². The number of aliphatic hydroxyl groups is 2. The van der Waals surface area contributed by atoms with Crippen molar-refractivity contribution in [3.8, 4) is 11.8 Å². The Bertz CT molecular complexity index is 856. The number of hydrogen-bond donors (Lipinski definition) is 2. The predicted molar refractivity (Wildman–Crippen MR) is 126 cm³/mol. The SMILES string of the molecule is CC(=O)OCCCC#C[C@@]1(O)CC[C@]2(C)[C@H]3CC[C@]4(C)[C@@H](C(C)=O)CC[C@H]4[C@@H]3CC[C@@]2(O)C1. The quantitative estimate of drug-likeness (QED) is 0.370. The van der Waals surface area contributed by atoms with Gasteiger partial charge in [-0.1, -0.05) is 19.8 Å². The molecule has 0 aromatic heterocycles. The van der Waals surface area contributed by atoms with E-state index in [9.17, 15) is 19.8 Å². The zero-order valence-electron chi connectivity index (χ0n) is 20.9. The first-order chi connectivity index (χ1) is 15.4. The molecule has 0 aromatic rings. The predicted octanol–water partition coefficient (Wildman–Crippen LogP) is 4.43. The largest absolute Gasteiger partial charge is 0.466 e. The maximum atomic E-state index is 12.4. The van der Waals surface area contributed by atoms with Crippen molar-refractivity contribution in [3.63, 3.8) is 0 Å². The van der Waals surface area contributed by atoms with E-state index < -0.39 is 11.2 Å². The lowest BCUT2D eigenvalue weighted by Gasteiger charge is -2.64. The summed E-state index contributed by atoms with van der Waals surface area (Å²) in [5.74, 6) is 7.98. The van der Waals surface area contributed by atoms with E-state index in [0.717, 1.165) is 38.5 Å². The summed E-state index contributed by atoms with van der Waals surface area (Å²) in [6.45, 7) is 8.12. The molecule has 4 aliphatic carbocycles. The van der Waals surface area contributed by atoms with Gasteiger partial charge in [-0.2, -0.15) is 0 Å². The average molecular weight is 459 g/mol. The van der Waals surface area contributed by atoms with Crippen molar-refractivity contribution >= 4 is 11.8 Å². The summed E-state index contributed by atoms with van der Waals surface area (Å²) in [5, 5.41) is 23.2. The van der Waals surface area contributed by atoms with Gasteiger partial charge in [-0.3, -0.25) is 9.59 Å². The monoisotopic (exact) mass is 458 g/mol. The van der Waals surface area contributed by atoms with Gasteiger partial charge in [0, 0.05) is 25.7 Å². The van der Waals surface area contributed by atoms with E-state index in [-0.39, 0.29) is 22.7 Å². The molecule has 184 valence electrons. The second-order valence-corrected chi connectivity index (χ2v) is 12.1. The molecule has 0 saturated heterocycles. The number of fused-ring (bicyclic) bond motifs is 5. The molecule has 0 aromatic carbocycles. The Labute approximate surface area is 199 Å². The van der Waals surface area contributed by atoms with Crippen LogP contribution in [0.25, 0.3) is 0 Å². The highest BCUT2D eigenvalue weighted by molar-refractivity contribution is 5.79. The van der Waals surface area contributed by atoms with Crippen LogP contribution in [0.2, 0.25) is 0 Å². The van der Waals surface area contributed by atoms with Crippen molar-refractivity contribution in [1.82, 2.24) is 0 Å². The summed E-state index contributed by atoms with van der Waals surface area (Å²) >= 11 is 0. The number of rotatable bonds is 4. The van der Waals surface area contributed by atoms with Crippen molar-refractivity contribution in [2.24, 2.45) is 34.5 Å². The van der Waals surface area contributed by atoms with Crippen LogP contribution in [0, 0.1) is 46.3 Å². The smallest absolute Gasteiger partial charge is 0.302 e. The van der Waals surface area contributed by atoms with Crippen LogP contribution in [0.4, 0.5) is 0 Å². The normalized spacial score (nSPS) is 46.2. The van der Waals surface area contributed by atoms with E-state index in [1.165, 1.54) is 6.92 Å². The lowest BCUT2D eigenvalue weighted by atomic mass is 9.42. The molecule has 0 aliphatic heterocycles. The summed E-state index contributed by atoms with van der Waals surface area (Å²) in [7, 11) is 0. The fourth-order valence-corrected chi connectivity index (χ4v) is 8.64. The van der Waals surface area contributed by atoms with Crippen LogP contribution >= 0.6 is 0 Å². The minimum Gasteiger partial charge on any atom is -0.466 e. The van der Waals surface area contributed by atoms with E-state index in [1.807, 2.05) is 0 Å². The zero-order chi connectivity index (χ0) is 24.1. The number of ether oxygens (including phenoxy) is 1. The number of carbonyl (C=O) groups is 2. The average Bonchev–Trinajstić information content (AvgIpc) is 3.09. The minimum atomic E-state index is -1.15. The summed E-state index contributed by atoms with van der Waals surface area (Å²) in [5.41, 5.74) is -2.15. The van der Waals surface area contributed by atoms with E-state index in [4.69, 9.17) is 4.74 Å². The van der Waals surface area contributed by atoms with Gasteiger partial charge >= 0.3 is 5.97 Å². The van der Waals surface area contributed by atoms with E-state index >= 15 is 0 Å². The molecule has 0 bridgehead atoms. The molecule has 4 fully saturated rings. The molecule has 5 nitrogen and oxygen atoms in total. The first-order valence-corrected chi connectivity index (χ1v) is 13.0. The van der Waals surface area contributed by atoms with Crippen LogP contribution in [0.15, 0.2) is 0 Å². The Balaban J connectivity index is 1.46. The third-order valence-corrected chi connectivity index (χ3v) is 10.4. The number of carbonyl (C=O) groups excluding carboxylic acids is 2. The summed E-state index contributed by atoms with van der Waals surface area (Å²) < 4.78 is 4.94. The zero-order valence-corrected chi connectivity index (χ0v) is 20.9. The molecule has 2 N–H and O–H groups in total. The van der Waals surface area contributed by atoms with Crippen molar-refractivity contribution in [2.75, 3.05) is 6.61 Å². The Morgan fingerprint density at radius 2 is 1.73 bits per heavy atom. The number of esters is 1. The van der Waals surface area contributed by atoms with Crippen LogP contribution < -0.4 is 0 Å². The highest BCUT2D eigenvalue weighted by atomic mass is 16.5. The van der Waals surface area contributed by atoms with Crippen LogP contribution in [0.3, 0.4) is 0 Å². The Morgan fingerprint density at radius 3 is 2.42 bits per heavy atom. The van der Waals surface area contributed by atoms with E-state index in [0.29, 0.717) is 62.2 Å². The second-order valence-electron chi connectivity index (χ2n) is 12.1. The van der Waals surface area contributed by atoms with E-state index in [1.54, 1.807) is 6.92 Å². The van der Waals surface area contributed by atoms with Gasteiger partial charge in [-0.15, -0.1) is 5.92 Å². The van der Waals surface area contributed by atoms with Gasteiger partial charge in [0.05, 0.1) is 12.2 Å². The first-order valence-electron chi connectivity index (χ1n) is 13.0. The minimum absolute atomic E-state index is 0.117. The Hall–Kier alpha value is -1.38. The van der Waals surface area contributed by atoms with Crippen molar-refractivity contribution in [3.05, 3.63) is 0 Å². The fourth-order valence-electron chi connectivity index (χ4n) is 8.64. The highest BCUT2D eigenvalue weighted by Crippen LogP contribution is 2.69. The molecule has 4 saturated carbocycles. The van der Waals surface area contributed by atoms with E-state index in [2.05, 4.69) is 25.7 Å². The van der Waals surface area contributed by atoms with Gasteiger partial charge in [0.1, 0.15) is 11.4 Å². The molecule has 4 aliphatic rings. The number of hydrogen-bond acceptors (Lipinski definition) is 5. The Morgan fingerprint density at radius 1 is 0.970 bits per heavy atom. The molecule has 0 radical (unpaired) electrons.